The summed E-state index contributed by atoms with van der Waals surface area (Å²) in [7, 11) is 1.62. The molecule has 1 unspecified atom stereocenters. The fraction of sp³-hybridized carbons (Fsp3) is 0.583. The second-order valence-corrected chi connectivity index (χ2v) is 4.43. The molecule has 1 aromatic rings. The van der Waals surface area contributed by atoms with Crippen molar-refractivity contribution in [3.05, 3.63) is 23.9 Å². The van der Waals surface area contributed by atoms with Crippen LogP contribution < -0.4 is 10.1 Å². The Kier molecular flexibility index (Phi) is 3.41. The van der Waals surface area contributed by atoms with Crippen LogP contribution in [0.3, 0.4) is 0 Å². The lowest BCUT2D eigenvalue weighted by Gasteiger charge is -2.23. The zero-order chi connectivity index (χ0) is 11.4. The smallest absolute Gasteiger partial charge is 0.212 e. The monoisotopic (exact) mass is 222 g/mol. The van der Waals surface area contributed by atoms with Crippen molar-refractivity contribution in [2.75, 3.05) is 20.3 Å². The first-order chi connectivity index (χ1) is 7.72. The van der Waals surface area contributed by atoms with Gasteiger partial charge in [-0.1, -0.05) is 6.07 Å². The summed E-state index contributed by atoms with van der Waals surface area (Å²) in [4.78, 5) is 4.17. The maximum Gasteiger partial charge on any atom is 0.212 e. The lowest BCUT2D eigenvalue weighted by Crippen LogP contribution is -2.42. The minimum Gasteiger partial charge on any atom is -0.481 e. The molecule has 2 heterocycles. The van der Waals surface area contributed by atoms with Crippen molar-refractivity contribution >= 4 is 0 Å². The second kappa shape index (κ2) is 4.80. The lowest BCUT2D eigenvalue weighted by molar-refractivity contribution is 0.171. The molecule has 1 saturated heterocycles. The van der Waals surface area contributed by atoms with Crippen LogP contribution in [0.4, 0.5) is 0 Å². The number of nitrogens with one attached hydrogen (secondary N) is 1. The molecule has 0 spiro atoms. The van der Waals surface area contributed by atoms with E-state index in [1.807, 2.05) is 18.3 Å². The third-order valence-corrected chi connectivity index (χ3v) is 2.94. The maximum absolute atomic E-state index is 5.39. The van der Waals surface area contributed by atoms with E-state index in [2.05, 4.69) is 17.2 Å². The van der Waals surface area contributed by atoms with Crippen molar-refractivity contribution in [1.82, 2.24) is 10.3 Å². The Bertz CT molecular complexity index is 331. The summed E-state index contributed by atoms with van der Waals surface area (Å²) in [6.07, 6.45) is 2.90. The van der Waals surface area contributed by atoms with Gasteiger partial charge in [0.2, 0.25) is 5.88 Å². The van der Waals surface area contributed by atoms with Crippen molar-refractivity contribution in [1.29, 1.82) is 0 Å². The predicted octanol–water partition coefficient (Wildman–Crippen LogP) is 1.36. The van der Waals surface area contributed by atoms with E-state index in [9.17, 15) is 0 Å². The third-order valence-electron chi connectivity index (χ3n) is 2.94. The second-order valence-electron chi connectivity index (χ2n) is 4.43. The number of pyridine rings is 1. The summed E-state index contributed by atoms with van der Waals surface area (Å²) in [6.45, 7) is 4.65. The molecule has 0 bridgehead atoms. The Hall–Kier alpha value is -1.13. The molecular weight excluding hydrogens is 204 g/mol. The van der Waals surface area contributed by atoms with Crippen molar-refractivity contribution < 1.29 is 9.47 Å². The molecule has 0 amide bonds. The van der Waals surface area contributed by atoms with Gasteiger partial charge in [-0.25, -0.2) is 4.98 Å². The van der Waals surface area contributed by atoms with Crippen LogP contribution in [0.1, 0.15) is 18.9 Å². The average Bonchev–Trinajstić information content (AvgIpc) is 2.75. The van der Waals surface area contributed by atoms with E-state index in [0.29, 0.717) is 5.88 Å². The predicted molar refractivity (Wildman–Crippen MR) is 61.5 cm³/mol. The molecule has 1 aliphatic rings. The van der Waals surface area contributed by atoms with E-state index >= 15 is 0 Å². The zero-order valence-electron chi connectivity index (χ0n) is 9.82. The van der Waals surface area contributed by atoms with Gasteiger partial charge in [0.25, 0.3) is 0 Å². The number of hydrogen-bond donors (Lipinski definition) is 1. The Morgan fingerprint density at radius 3 is 3.00 bits per heavy atom. The molecule has 1 N–H and O–H groups in total. The highest BCUT2D eigenvalue weighted by molar-refractivity contribution is 5.17. The van der Waals surface area contributed by atoms with E-state index in [1.165, 1.54) is 0 Å². The van der Waals surface area contributed by atoms with Gasteiger partial charge in [-0.15, -0.1) is 0 Å². The first-order valence-corrected chi connectivity index (χ1v) is 5.54. The molecular formula is C12H18N2O2. The highest BCUT2D eigenvalue weighted by atomic mass is 16.5. The minimum absolute atomic E-state index is 0.111. The molecule has 16 heavy (non-hydrogen) atoms. The first kappa shape index (κ1) is 11.4. The van der Waals surface area contributed by atoms with Gasteiger partial charge in [-0.2, -0.15) is 0 Å². The molecule has 1 atom stereocenters. The number of rotatable bonds is 4. The van der Waals surface area contributed by atoms with Gasteiger partial charge >= 0.3 is 0 Å². The highest BCUT2D eigenvalue weighted by Crippen LogP contribution is 2.18. The zero-order valence-corrected chi connectivity index (χ0v) is 9.82. The number of methoxy groups -OCH3 is 1. The van der Waals surface area contributed by atoms with Crippen LogP contribution in [0, 0.1) is 0 Å². The van der Waals surface area contributed by atoms with Gasteiger partial charge < -0.3 is 14.8 Å². The van der Waals surface area contributed by atoms with Crippen LogP contribution in [0.15, 0.2) is 18.3 Å². The molecule has 2 rings (SSSR count). The van der Waals surface area contributed by atoms with Crippen molar-refractivity contribution in [3.63, 3.8) is 0 Å². The van der Waals surface area contributed by atoms with Gasteiger partial charge in [0, 0.05) is 31.0 Å². The number of nitrogens with zero attached hydrogens (tertiary/aromatic N) is 1. The van der Waals surface area contributed by atoms with Crippen LogP contribution in [0.25, 0.3) is 0 Å². The number of hydrogen-bond acceptors (Lipinski definition) is 4. The molecule has 88 valence electrons. The van der Waals surface area contributed by atoms with Crippen molar-refractivity contribution in [3.8, 4) is 5.88 Å². The number of ether oxygens (including phenoxy) is 2. The lowest BCUT2D eigenvalue weighted by atomic mass is 10.0. The molecule has 0 aromatic carbocycles. The highest BCUT2D eigenvalue weighted by Gasteiger charge is 2.28. The first-order valence-electron chi connectivity index (χ1n) is 5.54. The maximum atomic E-state index is 5.39. The fourth-order valence-electron chi connectivity index (χ4n) is 1.76. The summed E-state index contributed by atoms with van der Waals surface area (Å²) in [5.74, 6) is 0.652. The van der Waals surface area contributed by atoms with E-state index in [1.54, 1.807) is 7.11 Å². The quantitative estimate of drug-likeness (QED) is 0.835. The third kappa shape index (κ3) is 2.71. The summed E-state index contributed by atoms with van der Waals surface area (Å²) >= 11 is 0. The molecule has 1 aromatic heterocycles. The summed E-state index contributed by atoms with van der Waals surface area (Å²) in [5, 5.41) is 3.51. The van der Waals surface area contributed by atoms with Gasteiger partial charge in [-0.05, 0) is 18.9 Å². The summed E-state index contributed by atoms with van der Waals surface area (Å²) in [6, 6.07) is 3.91. The van der Waals surface area contributed by atoms with Crippen LogP contribution >= 0.6 is 0 Å². The Balaban J connectivity index is 1.89. The summed E-state index contributed by atoms with van der Waals surface area (Å²) < 4.78 is 10.4. The Morgan fingerprint density at radius 2 is 2.44 bits per heavy atom. The molecule has 1 aliphatic heterocycles. The van der Waals surface area contributed by atoms with Gasteiger partial charge in [-0.3, -0.25) is 0 Å². The van der Waals surface area contributed by atoms with Gasteiger partial charge in [0.1, 0.15) is 0 Å². The van der Waals surface area contributed by atoms with E-state index in [-0.39, 0.29) is 5.54 Å². The van der Waals surface area contributed by atoms with Crippen LogP contribution in [0.2, 0.25) is 0 Å². The standard InChI is InChI=1S/C12H18N2O2/c1-12(5-6-16-9-12)14-8-10-3-4-11(15-2)13-7-10/h3-4,7,14H,5-6,8-9H2,1-2H3. The SMILES string of the molecule is COc1ccc(CNC2(C)CCOC2)cn1. The van der Waals surface area contributed by atoms with E-state index in [4.69, 9.17) is 9.47 Å². The molecule has 0 aliphatic carbocycles. The largest absolute Gasteiger partial charge is 0.481 e. The molecule has 1 fully saturated rings. The van der Waals surface area contributed by atoms with Crippen LogP contribution in [-0.2, 0) is 11.3 Å². The van der Waals surface area contributed by atoms with Gasteiger partial charge in [0.15, 0.2) is 0 Å². The molecule has 4 heteroatoms. The minimum atomic E-state index is 0.111. The molecule has 0 saturated carbocycles. The van der Waals surface area contributed by atoms with Crippen LogP contribution in [0.5, 0.6) is 5.88 Å². The van der Waals surface area contributed by atoms with E-state index in [0.717, 1.165) is 31.7 Å². The Labute approximate surface area is 96.0 Å². The van der Waals surface area contributed by atoms with Crippen molar-refractivity contribution in [2.24, 2.45) is 0 Å². The molecule has 0 radical (unpaired) electrons. The topological polar surface area (TPSA) is 43.4 Å². The van der Waals surface area contributed by atoms with Crippen LogP contribution in [-0.4, -0.2) is 30.8 Å². The summed E-state index contributed by atoms with van der Waals surface area (Å²) in [5.41, 5.74) is 1.27. The Morgan fingerprint density at radius 1 is 1.56 bits per heavy atom. The fourth-order valence-corrected chi connectivity index (χ4v) is 1.76. The average molecular weight is 222 g/mol. The number of aromatic nitrogens is 1. The normalized spacial score (nSPS) is 24.6. The van der Waals surface area contributed by atoms with E-state index < -0.39 is 0 Å². The van der Waals surface area contributed by atoms with Gasteiger partial charge in [0.05, 0.1) is 13.7 Å². The van der Waals surface area contributed by atoms with Crippen molar-refractivity contribution in [2.45, 2.75) is 25.4 Å². The molecule has 4 nitrogen and oxygen atoms in total.